The van der Waals surface area contributed by atoms with Gasteiger partial charge >= 0.3 is 0 Å². The highest BCUT2D eigenvalue weighted by Gasteiger charge is 2.36. The Hall–Kier alpha value is -1.46. The number of β-amino-alcohol motifs (C(OH)–C–C–N with tert-alkyl or cyclic N) is 1. The van der Waals surface area contributed by atoms with Gasteiger partial charge in [-0.05, 0) is 49.9 Å². The van der Waals surface area contributed by atoms with Crippen molar-refractivity contribution in [2.24, 2.45) is 0 Å². The highest BCUT2D eigenvalue weighted by molar-refractivity contribution is 5.78. The Kier molecular flexibility index (Phi) is 5.51. The Morgan fingerprint density at radius 2 is 2.12 bits per heavy atom. The molecular weight excluding hydrogens is 307 g/mol. The number of hydrogen-bond acceptors (Lipinski definition) is 3. The van der Waals surface area contributed by atoms with Gasteiger partial charge in [0, 0.05) is 18.5 Å². The quantitative estimate of drug-likeness (QED) is 0.868. The number of hydrogen-bond donors (Lipinski definition) is 2. The van der Waals surface area contributed by atoms with Crippen LogP contribution in [-0.2, 0) is 10.2 Å². The first kappa shape index (κ1) is 17.4. The SMILES string of the molecule is O=C(CN1CCC[C@H](O)C1)NCC1(c2cccc(F)c2)CCCC1. The van der Waals surface area contributed by atoms with Crippen molar-refractivity contribution < 1.29 is 14.3 Å². The molecule has 0 bridgehead atoms. The van der Waals surface area contributed by atoms with Gasteiger partial charge in [-0.25, -0.2) is 4.39 Å². The zero-order chi connectivity index (χ0) is 17.0. The molecule has 5 heteroatoms. The Morgan fingerprint density at radius 1 is 1.33 bits per heavy atom. The van der Waals surface area contributed by atoms with Crippen LogP contribution in [-0.4, -0.2) is 48.2 Å². The van der Waals surface area contributed by atoms with Crippen molar-refractivity contribution in [3.8, 4) is 0 Å². The first-order valence-corrected chi connectivity index (χ1v) is 9.01. The fraction of sp³-hybridized carbons (Fsp3) is 0.632. The predicted octanol–water partition coefficient (Wildman–Crippen LogP) is 2.21. The van der Waals surface area contributed by atoms with Gasteiger partial charge in [-0.3, -0.25) is 9.69 Å². The Bertz CT molecular complexity index is 572. The molecule has 1 saturated heterocycles. The van der Waals surface area contributed by atoms with Crippen molar-refractivity contribution in [3.63, 3.8) is 0 Å². The molecular formula is C19H27FN2O2. The molecule has 1 atom stereocenters. The van der Waals surface area contributed by atoms with Gasteiger partial charge in [0.1, 0.15) is 5.82 Å². The lowest BCUT2D eigenvalue weighted by atomic mass is 9.78. The summed E-state index contributed by atoms with van der Waals surface area (Å²) >= 11 is 0. The molecule has 0 unspecified atom stereocenters. The zero-order valence-corrected chi connectivity index (χ0v) is 14.1. The van der Waals surface area contributed by atoms with Gasteiger partial charge < -0.3 is 10.4 Å². The number of amides is 1. The van der Waals surface area contributed by atoms with Crippen LogP contribution in [0.5, 0.6) is 0 Å². The van der Waals surface area contributed by atoms with Gasteiger partial charge in [0.2, 0.25) is 5.91 Å². The predicted molar refractivity (Wildman–Crippen MR) is 91.2 cm³/mol. The van der Waals surface area contributed by atoms with Gasteiger partial charge in [-0.1, -0.05) is 25.0 Å². The molecule has 1 amide bonds. The lowest BCUT2D eigenvalue weighted by molar-refractivity contribution is -0.123. The van der Waals surface area contributed by atoms with Crippen LogP contribution < -0.4 is 5.32 Å². The lowest BCUT2D eigenvalue weighted by Gasteiger charge is -2.32. The fourth-order valence-electron chi connectivity index (χ4n) is 4.14. The van der Waals surface area contributed by atoms with Gasteiger partial charge in [0.25, 0.3) is 0 Å². The lowest BCUT2D eigenvalue weighted by Crippen LogP contribution is -2.46. The van der Waals surface area contributed by atoms with Crippen molar-refractivity contribution in [1.82, 2.24) is 10.2 Å². The standard InChI is InChI=1S/C19H27FN2O2/c20-16-6-3-5-15(11-16)19(8-1-2-9-19)14-21-18(24)13-22-10-4-7-17(23)12-22/h3,5-6,11,17,23H,1-2,4,7-10,12-14H2,(H,21,24)/t17-/m0/s1. The van der Waals surface area contributed by atoms with Gasteiger partial charge in [0.05, 0.1) is 12.6 Å². The maximum absolute atomic E-state index is 13.6. The van der Waals surface area contributed by atoms with Crippen molar-refractivity contribution in [3.05, 3.63) is 35.6 Å². The summed E-state index contributed by atoms with van der Waals surface area (Å²) in [5, 5.41) is 12.8. The largest absolute Gasteiger partial charge is 0.392 e. The van der Waals surface area contributed by atoms with Crippen LogP contribution in [0.25, 0.3) is 0 Å². The number of aliphatic hydroxyl groups is 1. The average Bonchev–Trinajstić information content (AvgIpc) is 3.03. The maximum atomic E-state index is 13.6. The summed E-state index contributed by atoms with van der Waals surface area (Å²) in [7, 11) is 0. The summed E-state index contributed by atoms with van der Waals surface area (Å²) in [5.41, 5.74) is 0.854. The number of likely N-dealkylation sites (tertiary alicyclic amines) is 1. The van der Waals surface area contributed by atoms with Crippen molar-refractivity contribution in [2.45, 2.75) is 50.0 Å². The van der Waals surface area contributed by atoms with Crippen LogP contribution in [0.3, 0.4) is 0 Å². The van der Waals surface area contributed by atoms with Crippen LogP contribution in [0.2, 0.25) is 0 Å². The zero-order valence-electron chi connectivity index (χ0n) is 14.1. The molecule has 2 fully saturated rings. The number of nitrogens with one attached hydrogen (secondary N) is 1. The van der Waals surface area contributed by atoms with Crippen LogP contribution in [0.1, 0.15) is 44.1 Å². The number of piperidine rings is 1. The second-order valence-electron chi connectivity index (χ2n) is 7.31. The van der Waals surface area contributed by atoms with E-state index in [-0.39, 0.29) is 23.2 Å². The number of rotatable bonds is 5. The van der Waals surface area contributed by atoms with Crippen LogP contribution >= 0.6 is 0 Å². The molecule has 0 spiro atoms. The average molecular weight is 334 g/mol. The Morgan fingerprint density at radius 3 is 2.83 bits per heavy atom. The van der Waals surface area contributed by atoms with E-state index in [4.69, 9.17) is 0 Å². The number of carbonyl (C=O) groups excluding carboxylic acids is 1. The molecule has 2 N–H and O–H groups in total. The summed E-state index contributed by atoms with van der Waals surface area (Å²) in [4.78, 5) is 14.3. The van der Waals surface area contributed by atoms with E-state index in [0.717, 1.165) is 50.6 Å². The van der Waals surface area contributed by atoms with E-state index in [1.54, 1.807) is 12.1 Å². The maximum Gasteiger partial charge on any atom is 0.234 e. The van der Waals surface area contributed by atoms with Crippen molar-refractivity contribution in [1.29, 1.82) is 0 Å². The van der Waals surface area contributed by atoms with Crippen LogP contribution in [0.15, 0.2) is 24.3 Å². The topological polar surface area (TPSA) is 52.6 Å². The highest BCUT2D eigenvalue weighted by Crippen LogP contribution is 2.40. The van der Waals surface area contributed by atoms with Crippen LogP contribution in [0, 0.1) is 5.82 Å². The summed E-state index contributed by atoms with van der Waals surface area (Å²) in [6.45, 7) is 2.32. The second kappa shape index (κ2) is 7.62. The molecule has 4 nitrogen and oxygen atoms in total. The highest BCUT2D eigenvalue weighted by atomic mass is 19.1. The fourth-order valence-corrected chi connectivity index (χ4v) is 4.14. The molecule has 1 heterocycles. The molecule has 0 radical (unpaired) electrons. The Labute approximate surface area is 143 Å². The number of carbonyl (C=O) groups is 1. The third-order valence-corrected chi connectivity index (χ3v) is 5.47. The third kappa shape index (κ3) is 4.14. The molecule has 24 heavy (non-hydrogen) atoms. The van der Waals surface area contributed by atoms with E-state index >= 15 is 0 Å². The number of aliphatic hydroxyl groups excluding tert-OH is 1. The van der Waals surface area contributed by atoms with E-state index in [9.17, 15) is 14.3 Å². The number of benzene rings is 1. The smallest absolute Gasteiger partial charge is 0.234 e. The monoisotopic (exact) mass is 334 g/mol. The molecule has 132 valence electrons. The first-order valence-electron chi connectivity index (χ1n) is 9.01. The number of nitrogens with zero attached hydrogens (tertiary/aromatic N) is 1. The normalized spacial score (nSPS) is 24.0. The molecule has 3 rings (SSSR count). The van der Waals surface area contributed by atoms with Crippen molar-refractivity contribution >= 4 is 5.91 Å². The molecule has 0 aromatic heterocycles. The molecule has 1 aromatic rings. The van der Waals surface area contributed by atoms with Gasteiger partial charge in [-0.2, -0.15) is 0 Å². The number of halogens is 1. The van der Waals surface area contributed by atoms with E-state index in [1.807, 2.05) is 11.0 Å². The Balaban J connectivity index is 1.59. The van der Waals surface area contributed by atoms with E-state index in [1.165, 1.54) is 6.07 Å². The molecule has 2 aliphatic rings. The van der Waals surface area contributed by atoms with Crippen LogP contribution in [0.4, 0.5) is 4.39 Å². The third-order valence-electron chi connectivity index (χ3n) is 5.47. The molecule has 1 aliphatic heterocycles. The minimum absolute atomic E-state index is 0.00761. The van der Waals surface area contributed by atoms with E-state index < -0.39 is 0 Å². The van der Waals surface area contributed by atoms with Crippen molar-refractivity contribution in [2.75, 3.05) is 26.2 Å². The minimum Gasteiger partial charge on any atom is -0.392 e. The summed E-state index contributed by atoms with van der Waals surface area (Å²) in [6, 6.07) is 6.80. The van der Waals surface area contributed by atoms with Gasteiger partial charge in [-0.15, -0.1) is 0 Å². The van der Waals surface area contributed by atoms with E-state index in [0.29, 0.717) is 19.6 Å². The molecule has 1 saturated carbocycles. The summed E-state index contributed by atoms with van der Waals surface area (Å²) in [5.74, 6) is -0.223. The minimum atomic E-state index is -0.319. The molecule has 1 aliphatic carbocycles. The van der Waals surface area contributed by atoms with E-state index in [2.05, 4.69) is 5.32 Å². The second-order valence-corrected chi connectivity index (χ2v) is 7.31. The summed E-state index contributed by atoms with van der Waals surface area (Å²) in [6.07, 6.45) is 5.64. The van der Waals surface area contributed by atoms with Gasteiger partial charge in [0.15, 0.2) is 0 Å². The first-order chi connectivity index (χ1) is 11.6. The summed E-state index contributed by atoms with van der Waals surface area (Å²) < 4.78 is 13.6. The molecule has 1 aromatic carbocycles.